The molecule has 10 heteroatoms. The lowest BCUT2D eigenvalue weighted by atomic mass is 10.1. The third kappa shape index (κ3) is 17.4. The molecule has 0 aliphatic carbocycles. The summed E-state index contributed by atoms with van der Waals surface area (Å²) < 4.78 is 10.7. The molecule has 0 unspecified atom stereocenters. The van der Waals surface area contributed by atoms with Gasteiger partial charge in [-0.05, 0) is 15.9 Å². The van der Waals surface area contributed by atoms with Gasteiger partial charge in [-0.15, -0.1) is 0 Å². The van der Waals surface area contributed by atoms with Crippen LogP contribution in [0.5, 0.6) is 0 Å². The van der Waals surface area contributed by atoms with E-state index in [1.54, 1.807) is 0 Å². The molecule has 0 heterocycles. The Balaban J connectivity index is 3.43. The lowest BCUT2D eigenvalue weighted by molar-refractivity contribution is -0.122. The summed E-state index contributed by atoms with van der Waals surface area (Å²) in [4.78, 5) is 23.0. The third-order valence-corrected chi connectivity index (χ3v) is 2.67. The van der Waals surface area contributed by atoms with Crippen molar-refractivity contribution in [3.05, 3.63) is 0 Å². The summed E-state index contributed by atoms with van der Waals surface area (Å²) in [5, 5.41) is 5.35. The Morgan fingerprint density at radius 3 is 1.57 bits per heavy atom. The molecule has 0 bridgehead atoms. The van der Waals surface area contributed by atoms with Gasteiger partial charge in [-0.2, -0.15) is 0 Å². The first-order valence-corrected chi connectivity index (χ1v) is 7.99. The second-order valence-electron chi connectivity index (χ2n) is 4.59. The Labute approximate surface area is 150 Å². The van der Waals surface area contributed by atoms with Crippen molar-refractivity contribution >= 4 is 61.5 Å². The Hall–Kier alpha value is -0.830. The number of rotatable bonds is 14. The van der Waals surface area contributed by atoms with E-state index in [0.717, 1.165) is 0 Å². The zero-order valence-electron chi connectivity index (χ0n) is 13.0. The van der Waals surface area contributed by atoms with Gasteiger partial charge in [-0.25, -0.2) is 0 Å². The predicted octanol–water partition coefficient (Wildman–Crippen LogP) is -0.586. The number of ether oxygens (including phenoxy) is 2. The molecule has 4 radical (unpaired) electrons. The minimum atomic E-state index is -0.128. The normalized spacial score (nSPS) is 10.1. The fraction of sp³-hybridized carbons (Fsp3) is 0.692. The predicted molar refractivity (Wildman–Crippen MR) is 98.2 cm³/mol. The van der Waals surface area contributed by atoms with Crippen LogP contribution in [-0.2, 0) is 19.1 Å². The van der Waals surface area contributed by atoms with Crippen LogP contribution in [0, 0.1) is 0 Å². The minimum Gasteiger partial charge on any atom is -0.375 e. The maximum atomic E-state index is 11.5. The first-order valence-electron chi connectivity index (χ1n) is 7.17. The quantitative estimate of drug-likeness (QED) is 0.247. The molecule has 23 heavy (non-hydrogen) atoms. The number of hydrogen-bond acceptors (Lipinski definition) is 6. The summed E-state index contributed by atoms with van der Waals surface area (Å²) in [6.45, 7) is 1.85. The molecule has 0 aromatic rings. The summed E-state index contributed by atoms with van der Waals surface area (Å²) in [7, 11) is 10.5. The van der Waals surface area contributed by atoms with E-state index in [2.05, 4.69) is 35.1 Å². The molecule has 0 atom stereocenters. The van der Waals surface area contributed by atoms with Gasteiger partial charge in [0.25, 0.3) is 0 Å². The molecule has 124 valence electrons. The Morgan fingerprint density at radius 2 is 1.22 bits per heavy atom. The number of carbonyl (C=O) groups excluding carboxylic acids is 2. The smallest absolute Gasteiger partial charge is 0.220 e. The van der Waals surface area contributed by atoms with Crippen LogP contribution in [0.4, 0.5) is 0 Å². The van der Waals surface area contributed by atoms with E-state index >= 15 is 0 Å². The lowest BCUT2D eigenvalue weighted by Crippen LogP contribution is -2.29. The molecule has 0 saturated carbocycles. The average Bonchev–Trinajstić information content (AvgIpc) is 2.45. The second-order valence-corrected chi connectivity index (χ2v) is 5.64. The van der Waals surface area contributed by atoms with Crippen molar-refractivity contribution in [2.75, 3.05) is 39.5 Å². The minimum absolute atomic E-state index is 0.128. The first kappa shape index (κ1) is 22.2. The monoisotopic (exact) mass is 354 g/mol. The van der Waals surface area contributed by atoms with Gasteiger partial charge in [-0.1, -0.05) is 24.4 Å². The van der Waals surface area contributed by atoms with E-state index in [1.807, 2.05) is 0 Å². The van der Waals surface area contributed by atoms with Gasteiger partial charge < -0.3 is 20.1 Å². The summed E-state index contributed by atoms with van der Waals surface area (Å²) in [5.41, 5.74) is 0. The van der Waals surface area contributed by atoms with Gasteiger partial charge in [0.15, 0.2) is 0 Å². The Morgan fingerprint density at radius 1 is 0.826 bits per heavy atom. The second kappa shape index (κ2) is 14.7. The van der Waals surface area contributed by atoms with E-state index in [-0.39, 0.29) is 47.4 Å². The van der Waals surface area contributed by atoms with E-state index < -0.39 is 0 Å². The van der Waals surface area contributed by atoms with Crippen LogP contribution >= 0.6 is 24.4 Å². The highest BCUT2D eigenvalue weighted by Crippen LogP contribution is 1.95. The highest BCUT2D eigenvalue weighted by Gasteiger charge is 2.04. The third-order valence-electron chi connectivity index (χ3n) is 2.43. The molecule has 0 aliphatic heterocycles. The number of nitrogens with one attached hydrogen (secondary N) is 2. The van der Waals surface area contributed by atoms with E-state index in [9.17, 15) is 9.59 Å². The highest BCUT2D eigenvalue weighted by atomic mass is 32.1. The molecule has 0 saturated heterocycles. The van der Waals surface area contributed by atoms with Gasteiger partial charge in [0.2, 0.25) is 11.8 Å². The van der Waals surface area contributed by atoms with E-state index in [1.165, 1.54) is 0 Å². The van der Waals surface area contributed by atoms with Crippen molar-refractivity contribution in [2.45, 2.75) is 19.3 Å². The summed E-state index contributed by atoms with van der Waals surface area (Å²) in [5.74, 6) is -0.256. The average molecular weight is 354 g/mol. The molecule has 0 aliphatic rings. The maximum absolute atomic E-state index is 11.5. The van der Waals surface area contributed by atoms with E-state index in [4.69, 9.17) is 25.2 Å². The molecule has 6 nitrogen and oxygen atoms in total. The molecule has 2 N–H and O–H groups in total. The van der Waals surface area contributed by atoms with Gasteiger partial charge in [-0.3, -0.25) is 9.59 Å². The van der Waals surface area contributed by atoms with Crippen molar-refractivity contribution in [2.24, 2.45) is 0 Å². The zero-order valence-corrected chi connectivity index (χ0v) is 14.6. The maximum Gasteiger partial charge on any atom is 0.220 e. The molecule has 0 fully saturated rings. The summed E-state index contributed by atoms with van der Waals surface area (Å²) in [6, 6.07) is 0. The highest BCUT2D eigenvalue weighted by molar-refractivity contribution is 7.83. The van der Waals surface area contributed by atoms with Crippen molar-refractivity contribution < 1.29 is 19.1 Å². The van der Waals surface area contributed by atoms with Crippen molar-refractivity contribution in [3.8, 4) is 0 Å². The van der Waals surface area contributed by atoms with Gasteiger partial charge in [0, 0.05) is 25.9 Å². The van der Waals surface area contributed by atoms with Crippen LogP contribution in [0.25, 0.3) is 0 Å². The van der Waals surface area contributed by atoms with Gasteiger partial charge in [0.1, 0.15) is 15.7 Å². The summed E-state index contributed by atoms with van der Waals surface area (Å²) in [6.07, 6.45) is 1.03. The van der Waals surface area contributed by atoms with Crippen LogP contribution in [0.2, 0.25) is 0 Å². The number of hydrogen-bond donors (Lipinski definition) is 2. The fourth-order valence-electron chi connectivity index (χ4n) is 1.46. The molecule has 2 amide bonds. The standard InChI is InChI=1S/C13H20B2N2O4S2/c14-10(22)8-20-6-4-16-12(18)2-1-3-13(19)17-5-7-21-9-11(15)23/h1-9H2,(H,16,18)(H,17,19). The largest absolute Gasteiger partial charge is 0.375 e. The Bertz CT molecular complexity index is 375. The SMILES string of the molecule is [B]C(=S)COCCNC(=O)CCCC(=O)NCCOCC([B])=S. The molecule has 0 aromatic carbocycles. The molecule has 0 aromatic heterocycles. The van der Waals surface area contributed by atoms with Crippen LogP contribution < -0.4 is 10.6 Å². The zero-order chi connectivity index (χ0) is 17.5. The lowest BCUT2D eigenvalue weighted by Gasteiger charge is -2.07. The van der Waals surface area contributed by atoms with E-state index in [0.29, 0.717) is 32.7 Å². The Kier molecular flexibility index (Phi) is 14.2. The molecule has 0 spiro atoms. The van der Waals surface area contributed by atoms with Crippen LogP contribution in [0.3, 0.4) is 0 Å². The van der Waals surface area contributed by atoms with Crippen molar-refractivity contribution in [1.29, 1.82) is 0 Å². The number of carbonyl (C=O) groups is 2. The van der Waals surface area contributed by atoms with Crippen LogP contribution in [-0.4, -0.2) is 76.6 Å². The molecular formula is C13H20B2N2O4S2. The van der Waals surface area contributed by atoms with Crippen molar-refractivity contribution in [3.63, 3.8) is 0 Å². The van der Waals surface area contributed by atoms with Crippen LogP contribution in [0.15, 0.2) is 0 Å². The first-order chi connectivity index (χ1) is 10.9. The molecule has 0 rings (SSSR count). The van der Waals surface area contributed by atoms with Crippen molar-refractivity contribution in [1.82, 2.24) is 10.6 Å². The molecular weight excluding hydrogens is 334 g/mol. The summed E-state index contributed by atoms with van der Waals surface area (Å²) >= 11 is 9.29. The van der Waals surface area contributed by atoms with Gasteiger partial charge >= 0.3 is 0 Å². The number of thiocarbonyl (C=S) groups is 2. The van der Waals surface area contributed by atoms with Gasteiger partial charge in [0.05, 0.1) is 26.4 Å². The van der Waals surface area contributed by atoms with Crippen LogP contribution in [0.1, 0.15) is 19.3 Å². The topological polar surface area (TPSA) is 76.7 Å². The fourth-order valence-corrected chi connectivity index (χ4v) is 1.62. The number of amides is 2.